The molecule has 0 atom stereocenters. The average Bonchev–Trinajstić information content (AvgIpc) is 3.82. The van der Waals surface area contributed by atoms with Gasteiger partial charge in [-0.15, -0.1) is 0 Å². The van der Waals surface area contributed by atoms with Gasteiger partial charge in [0, 0.05) is 34.7 Å². The number of hydrogen-bond acceptors (Lipinski definition) is 6. The van der Waals surface area contributed by atoms with Gasteiger partial charge in [-0.05, 0) is 124 Å². The van der Waals surface area contributed by atoms with Crippen LogP contribution in [0.15, 0.2) is 141 Å². The molecule has 4 aromatic carbocycles. The van der Waals surface area contributed by atoms with Crippen LogP contribution in [0.2, 0.25) is 0 Å². The summed E-state index contributed by atoms with van der Waals surface area (Å²) in [6, 6.07) is 37.2. The summed E-state index contributed by atoms with van der Waals surface area (Å²) in [5.74, 6) is 0. The molecular formula is C41H27N3O3. The molecule has 6 heterocycles. The summed E-state index contributed by atoms with van der Waals surface area (Å²) in [5, 5.41) is 2.97. The number of aromatic nitrogens is 3. The van der Waals surface area contributed by atoms with E-state index in [4.69, 9.17) is 13.3 Å². The highest BCUT2D eigenvalue weighted by Gasteiger charge is 2.15. The van der Waals surface area contributed by atoms with E-state index in [-0.39, 0.29) is 0 Å². The standard InChI is InChI=1S/C39H21N3O3.C2H6/c1-4-34-37(40-13-1)28-19-22(7-10-31(28)43-34)25-16-26(23-8-11-32-29(20-23)38-35(44-32)5-2-14-41-38)18-27(17-25)24-9-12-33-30(21-24)39-36(45-33)6-3-15-42-39;1-2/h1-21H;1-2H3. The molecule has 0 saturated heterocycles. The predicted octanol–water partition coefficient (Wildman–Crippen LogP) is 11.6. The van der Waals surface area contributed by atoms with E-state index < -0.39 is 0 Å². The molecule has 0 fully saturated rings. The Balaban J connectivity index is 0.00000149. The number of furan rings is 3. The number of fused-ring (bicyclic) bond motifs is 9. The molecule has 10 aromatic rings. The molecule has 0 aliphatic carbocycles. The largest absolute Gasteiger partial charge is 0.454 e. The van der Waals surface area contributed by atoms with Gasteiger partial charge in [-0.1, -0.05) is 32.0 Å². The van der Waals surface area contributed by atoms with E-state index in [0.717, 1.165) is 99.6 Å². The highest BCUT2D eigenvalue weighted by molar-refractivity contribution is 6.06. The lowest BCUT2D eigenvalue weighted by molar-refractivity contribution is 0.668. The van der Waals surface area contributed by atoms with Crippen molar-refractivity contribution in [3.63, 3.8) is 0 Å². The van der Waals surface area contributed by atoms with Crippen LogP contribution in [0, 0.1) is 0 Å². The fraction of sp³-hybridized carbons (Fsp3) is 0.0488. The maximum atomic E-state index is 6.07. The molecular weight excluding hydrogens is 582 g/mol. The Hall–Kier alpha value is -6.27. The van der Waals surface area contributed by atoms with Crippen LogP contribution in [-0.2, 0) is 0 Å². The second-order valence-electron chi connectivity index (χ2n) is 11.3. The Bertz CT molecular complexity index is 2470. The summed E-state index contributed by atoms with van der Waals surface area (Å²) in [6.07, 6.45) is 5.41. The van der Waals surface area contributed by atoms with Crippen molar-refractivity contribution in [2.75, 3.05) is 0 Å². The van der Waals surface area contributed by atoms with Gasteiger partial charge in [-0.25, -0.2) is 0 Å². The minimum atomic E-state index is 0.780. The third-order valence-electron chi connectivity index (χ3n) is 8.61. The first kappa shape index (κ1) is 27.1. The van der Waals surface area contributed by atoms with Gasteiger partial charge in [0.1, 0.15) is 33.3 Å². The Labute approximate surface area is 268 Å². The lowest BCUT2D eigenvalue weighted by atomic mass is 9.92. The zero-order valence-electron chi connectivity index (χ0n) is 25.7. The van der Waals surface area contributed by atoms with Crippen LogP contribution in [0.5, 0.6) is 0 Å². The van der Waals surface area contributed by atoms with Crippen LogP contribution < -0.4 is 0 Å². The molecule has 0 saturated carbocycles. The minimum absolute atomic E-state index is 0.780. The number of nitrogens with zero attached hydrogens (tertiary/aromatic N) is 3. The van der Waals surface area contributed by atoms with E-state index in [9.17, 15) is 0 Å². The van der Waals surface area contributed by atoms with Crippen LogP contribution >= 0.6 is 0 Å². The molecule has 0 unspecified atom stereocenters. The molecule has 224 valence electrons. The van der Waals surface area contributed by atoms with E-state index in [1.165, 1.54) is 0 Å². The van der Waals surface area contributed by atoms with Crippen molar-refractivity contribution in [2.24, 2.45) is 0 Å². The molecule has 6 aromatic heterocycles. The molecule has 0 spiro atoms. The topological polar surface area (TPSA) is 78.1 Å². The predicted molar refractivity (Wildman–Crippen MR) is 189 cm³/mol. The molecule has 0 N–H and O–H groups in total. The Kier molecular flexibility index (Phi) is 6.15. The summed E-state index contributed by atoms with van der Waals surface area (Å²) < 4.78 is 18.2. The van der Waals surface area contributed by atoms with Gasteiger partial charge < -0.3 is 13.3 Å². The molecule has 6 nitrogen and oxygen atoms in total. The first-order valence-corrected chi connectivity index (χ1v) is 15.7. The van der Waals surface area contributed by atoms with Crippen molar-refractivity contribution in [3.05, 3.63) is 128 Å². The summed E-state index contributed by atoms with van der Waals surface area (Å²) in [7, 11) is 0. The minimum Gasteiger partial charge on any atom is -0.454 e. The van der Waals surface area contributed by atoms with E-state index in [1.54, 1.807) is 18.6 Å². The lowest BCUT2D eigenvalue weighted by Crippen LogP contribution is -1.87. The first-order chi connectivity index (χ1) is 23.2. The second kappa shape index (κ2) is 10.7. The number of hydrogen-bond donors (Lipinski definition) is 0. The van der Waals surface area contributed by atoms with Crippen LogP contribution in [-0.4, -0.2) is 15.0 Å². The Morgan fingerprint density at radius 1 is 0.340 bits per heavy atom. The third kappa shape index (κ3) is 4.37. The molecule has 0 radical (unpaired) electrons. The van der Waals surface area contributed by atoms with Gasteiger partial charge in [-0.2, -0.15) is 0 Å². The zero-order chi connectivity index (χ0) is 31.5. The van der Waals surface area contributed by atoms with Crippen molar-refractivity contribution in [2.45, 2.75) is 13.8 Å². The van der Waals surface area contributed by atoms with Crippen LogP contribution in [0.25, 0.3) is 99.6 Å². The first-order valence-electron chi connectivity index (χ1n) is 15.7. The molecule has 47 heavy (non-hydrogen) atoms. The highest BCUT2D eigenvalue weighted by atomic mass is 16.3. The number of pyridine rings is 3. The molecule has 0 aliphatic heterocycles. The van der Waals surface area contributed by atoms with Crippen molar-refractivity contribution in [3.8, 4) is 33.4 Å². The maximum Gasteiger partial charge on any atom is 0.153 e. The Morgan fingerprint density at radius 2 is 0.660 bits per heavy atom. The SMILES string of the molecule is CC.c1cnc2c(c1)oc1ccc(-c3cc(-c4ccc5oc6cccnc6c5c4)cc(-c4ccc5oc6cccnc6c5c4)c3)cc12. The fourth-order valence-corrected chi connectivity index (χ4v) is 6.46. The summed E-state index contributed by atoms with van der Waals surface area (Å²) in [4.78, 5) is 13.8. The average molecular weight is 610 g/mol. The van der Waals surface area contributed by atoms with Crippen molar-refractivity contribution in [1.29, 1.82) is 0 Å². The molecule has 0 bridgehead atoms. The fourth-order valence-electron chi connectivity index (χ4n) is 6.46. The molecule has 6 heteroatoms. The second-order valence-corrected chi connectivity index (χ2v) is 11.3. The smallest absolute Gasteiger partial charge is 0.153 e. The monoisotopic (exact) mass is 609 g/mol. The molecule has 0 amide bonds. The quantitative estimate of drug-likeness (QED) is 0.198. The van der Waals surface area contributed by atoms with Gasteiger partial charge >= 0.3 is 0 Å². The van der Waals surface area contributed by atoms with E-state index in [2.05, 4.69) is 69.5 Å². The van der Waals surface area contributed by atoms with Crippen LogP contribution in [0.3, 0.4) is 0 Å². The normalized spacial score (nSPS) is 11.6. The van der Waals surface area contributed by atoms with Gasteiger partial charge in [0.05, 0.1) is 0 Å². The van der Waals surface area contributed by atoms with Gasteiger partial charge in [0.2, 0.25) is 0 Å². The van der Waals surface area contributed by atoms with Crippen molar-refractivity contribution in [1.82, 2.24) is 15.0 Å². The van der Waals surface area contributed by atoms with E-state index >= 15 is 0 Å². The van der Waals surface area contributed by atoms with Crippen molar-refractivity contribution < 1.29 is 13.3 Å². The molecule has 10 rings (SSSR count). The zero-order valence-corrected chi connectivity index (χ0v) is 25.7. The van der Waals surface area contributed by atoms with Crippen molar-refractivity contribution >= 4 is 66.2 Å². The maximum absolute atomic E-state index is 6.07. The third-order valence-corrected chi connectivity index (χ3v) is 8.61. The number of rotatable bonds is 3. The van der Waals surface area contributed by atoms with Crippen LogP contribution in [0.1, 0.15) is 13.8 Å². The van der Waals surface area contributed by atoms with E-state index in [0.29, 0.717) is 0 Å². The summed E-state index contributed by atoms with van der Waals surface area (Å²) in [5.41, 5.74) is 13.9. The summed E-state index contributed by atoms with van der Waals surface area (Å²) in [6.45, 7) is 4.00. The highest BCUT2D eigenvalue weighted by Crippen LogP contribution is 2.39. The van der Waals surface area contributed by atoms with Crippen LogP contribution in [0.4, 0.5) is 0 Å². The molecule has 0 aliphatic rings. The van der Waals surface area contributed by atoms with Gasteiger partial charge in [-0.3, -0.25) is 15.0 Å². The lowest BCUT2D eigenvalue weighted by Gasteiger charge is -2.12. The van der Waals surface area contributed by atoms with Gasteiger partial charge in [0.15, 0.2) is 16.7 Å². The Morgan fingerprint density at radius 3 is 0.979 bits per heavy atom. The number of benzene rings is 4. The summed E-state index contributed by atoms with van der Waals surface area (Å²) >= 11 is 0. The van der Waals surface area contributed by atoms with Gasteiger partial charge in [0.25, 0.3) is 0 Å². The van der Waals surface area contributed by atoms with E-state index in [1.807, 2.05) is 68.4 Å².